The van der Waals surface area contributed by atoms with Crippen LogP contribution in [0.2, 0.25) is 0 Å². The van der Waals surface area contributed by atoms with Crippen LogP contribution in [0, 0.1) is 5.92 Å². The molecule has 3 unspecified atom stereocenters. The number of amides is 2. The number of carbonyl (C=O) groups excluding carboxylic acids is 2. The predicted molar refractivity (Wildman–Crippen MR) is 101 cm³/mol. The van der Waals surface area contributed by atoms with E-state index in [-0.39, 0.29) is 23.9 Å². The first-order chi connectivity index (χ1) is 12.7. The van der Waals surface area contributed by atoms with Crippen molar-refractivity contribution in [1.29, 1.82) is 0 Å². The zero-order valence-corrected chi connectivity index (χ0v) is 14.8. The maximum absolute atomic E-state index is 13.0. The lowest BCUT2D eigenvalue weighted by atomic mass is 9.97. The SMILES string of the molecule is O=C(NCCc1ccccc1)C1C2CCC(C2)N1C(=O)c1ccccc1. The van der Waals surface area contributed by atoms with Crippen molar-refractivity contribution in [3.63, 3.8) is 0 Å². The molecule has 4 heteroatoms. The second-order valence-electron chi connectivity index (χ2n) is 7.28. The van der Waals surface area contributed by atoms with Gasteiger partial charge in [-0.3, -0.25) is 9.59 Å². The van der Waals surface area contributed by atoms with Gasteiger partial charge in [-0.2, -0.15) is 0 Å². The van der Waals surface area contributed by atoms with E-state index in [1.165, 1.54) is 5.56 Å². The van der Waals surface area contributed by atoms with Gasteiger partial charge in [0.2, 0.25) is 5.91 Å². The van der Waals surface area contributed by atoms with Crippen molar-refractivity contribution in [3.8, 4) is 0 Å². The fourth-order valence-electron chi connectivity index (χ4n) is 4.43. The van der Waals surface area contributed by atoms with E-state index in [2.05, 4.69) is 17.4 Å². The molecular weight excluding hydrogens is 324 g/mol. The molecule has 0 radical (unpaired) electrons. The largest absolute Gasteiger partial charge is 0.354 e. The predicted octanol–water partition coefficient (Wildman–Crippen LogP) is 3.04. The van der Waals surface area contributed by atoms with E-state index in [1.54, 1.807) is 0 Å². The van der Waals surface area contributed by atoms with Crippen molar-refractivity contribution in [3.05, 3.63) is 71.8 Å². The summed E-state index contributed by atoms with van der Waals surface area (Å²) < 4.78 is 0. The summed E-state index contributed by atoms with van der Waals surface area (Å²) in [6.07, 6.45) is 3.81. The van der Waals surface area contributed by atoms with Crippen LogP contribution in [0.15, 0.2) is 60.7 Å². The van der Waals surface area contributed by atoms with Gasteiger partial charge in [0.05, 0.1) is 0 Å². The first kappa shape index (κ1) is 16.8. The van der Waals surface area contributed by atoms with E-state index >= 15 is 0 Å². The lowest BCUT2D eigenvalue weighted by Crippen LogP contribution is -2.53. The van der Waals surface area contributed by atoms with Crippen LogP contribution in [-0.2, 0) is 11.2 Å². The van der Waals surface area contributed by atoms with Gasteiger partial charge in [0, 0.05) is 18.2 Å². The van der Waals surface area contributed by atoms with Crippen LogP contribution in [0.3, 0.4) is 0 Å². The van der Waals surface area contributed by atoms with Gasteiger partial charge in [-0.15, -0.1) is 0 Å². The number of rotatable bonds is 5. The molecule has 1 heterocycles. The molecule has 2 aliphatic rings. The molecule has 0 aromatic heterocycles. The molecular formula is C22H24N2O2. The summed E-state index contributed by atoms with van der Waals surface area (Å²) in [5.41, 5.74) is 1.88. The summed E-state index contributed by atoms with van der Waals surface area (Å²) in [6, 6.07) is 19.3. The number of fused-ring (bicyclic) bond motifs is 2. The van der Waals surface area contributed by atoms with Crippen molar-refractivity contribution in [2.75, 3.05) is 6.54 Å². The van der Waals surface area contributed by atoms with Gasteiger partial charge in [-0.25, -0.2) is 0 Å². The maximum Gasteiger partial charge on any atom is 0.254 e. The molecule has 4 rings (SSSR count). The number of likely N-dealkylation sites (tertiary alicyclic amines) is 1. The van der Waals surface area contributed by atoms with Crippen molar-refractivity contribution in [1.82, 2.24) is 10.2 Å². The van der Waals surface area contributed by atoms with E-state index in [4.69, 9.17) is 0 Å². The van der Waals surface area contributed by atoms with Crippen LogP contribution in [0.5, 0.6) is 0 Å². The molecule has 2 fully saturated rings. The standard InChI is InChI=1S/C22H24N2O2/c25-21(23-14-13-16-7-3-1-4-8-16)20-18-11-12-19(15-18)24(20)22(26)17-9-5-2-6-10-17/h1-10,18-20H,11-15H2,(H,23,25). The van der Waals surface area contributed by atoms with Crippen LogP contribution in [0.4, 0.5) is 0 Å². The van der Waals surface area contributed by atoms with Crippen LogP contribution < -0.4 is 5.32 Å². The Kier molecular flexibility index (Phi) is 4.74. The Balaban J connectivity index is 1.43. The number of nitrogens with zero attached hydrogens (tertiary/aromatic N) is 1. The van der Waals surface area contributed by atoms with Crippen LogP contribution in [0.25, 0.3) is 0 Å². The maximum atomic E-state index is 13.0. The zero-order valence-electron chi connectivity index (χ0n) is 14.8. The molecule has 1 aliphatic heterocycles. The minimum Gasteiger partial charge on any atom is -0.354 e. The minimum absolute atomic E-state index is 0.00240. The number of piperidine rings is 1. The highest BCUT2D eigenvalue weighted by molar-refractivity contribution is 5.98. The van der Waals surface area contributed by atoms with Gasteiger partial charge in [0.1, 0.15) is 6.04 Å². The van der Waals surface area contributed by atoms with Crippen molar-refractivity contribution in [2.45, 2.75) is 37.8 Å². The lowest BCUT2D eigenvalue weighted by molar-refractivity contribution is -0.126. The number of benzene rings is 2. The average molecular weight is 348 g/mol. The van der Waals surface area contributed by atoms with Crippen molar-refractivity contribution >= 4 is 11.8 Å². The smallest absolute Gasteiger partial charge is 0.254 e. The summed E-state index contributed by atoms with van der Waals surface area (Å²) in [5.74, 6) is 0.280. The molecule has 2 bridgehead atoms. The minimum atomic E-state index is -0.322. The Bertz CT molecular complexity index is 775. The highest BCUT2D eigenvalue weighted by Gasteiger charge is 2.51. The normalized spacial score (nSPS) is 23.8. The quantitative estimate of drug-likeness (QED) is 0.903. The Morgan fingerprint density at radius 1 is 0.962 bits per heavy atom. The van der Waals surface area contributed by atoms with Gasteiger partial charge >= 0.3 is 0 Å². The summed E-state index contributed by atoms with van der Waals surface area (Å²) in [5, 5.41) is 3.06. The first-order valence-corrected chi connectivity index (χ1v) is 9.43. The topological polar surface area (TPSA) is 49.4 Å². The highest BCUT2D eigenvalue weighted by Crippen LogP contribution is 2.43. The van der Waals surface area contributed by atoms with E-state index in [0.717, 1.165) is 25.7 Å². The summed E-state index contributed by atoms with van der Waals surface area (Å²) in [7, 11) is 0. The Morgan fingerprint density at radius 3 is 2.38 bits per heavy atom. The van der Waals surface area contributed by atoms with Crippen LogP contribution >= 0.6 is 0 Å². The summed E-state index contributed by atoms with van der Waals surface area (Å²) >= 11 is 0. The lowest BCUT2D eigenvalue weighted by Gasteiger charge is -2.34. The molecule has 0 spiro atoms. The van der Waals surface area contributed by atoms with Gasteiger partial charge in [0.25, 0.3) is 5.91 Å². The third-order valence-electron chi connectivity index (χ3n) is 5.66. The molecule has 3 atom stereocenters. The number of carbonyl (C=O) groups is 2. The number of hydrogen-bond acceptors (Lipinski definition) is 2. The monoisotopic (exact) mass is 348 g/mol. The fourth-order valence-corrected chi connectivity index (χ4v) is 4.43. The molecule has 4 nitrogen and oxygen atoms in total. The van der Waals surface area contributed by atoms with Crippen molar-refractivity contribution < 1.29 is 9.59 Å². The summed E-state index contributed by atoms with van der Waals surface area (Å²) in [4.78, 5) is 27.7. The second-order valence-corrected chi connectivity index (χ2v) is 7.28. The molecule has 2 aromatic rings. The first-order valence-electron chi connectivity index (χ1n) is 9.43. The molecule has 1 saturated carbocycles. The zero-order chi connectivity index (χ0) is 17.9. The highest BCUT2D eigenvalue weighted by atomic mass is 16.2. The molecule has 26 heavy (non-hydrogen) atoms. The molecule has 134 valence electrons. The number of hydrogen-bond donors (Lipinski definition) is 1. The summed E-state index contributed by atoms with van der Waals surface area (Å²) in [6.45, 7) is 0.601. The van der Waals surface area contributed by atoms with Crippen molar-refractivity contribution in [2.24, 2.45) is 5.92 Å². The van der Waals surface area contributed by atoms with E-state index in [9.17, 15) is 9.59 Å². The molecule has 1 aliphatic carbocycles. The van der Waals surface area contributed by atoms with Crippen LogP contribution in [0.1, 0.15) is 35.2 Å². The second kappa shape index (κ2) is 7.32. The third kappa shape index (κ3) is 3.24. The van der Waals surface area contributed by atoms with E-state index in [1.807, 2.05) is 53.4 Å². The van der Waals surface area contributed by atoms with E-state index in [0.29, 0.717) is 18.0 Å². The Morgan fingerprint density at radius 2 is 1.65 bits per heavy atom. The van der Waals surface area contributed by atoms with Gasteiger partial charge in [-0.05, 0) is 49.3 Å². The molecule has 2 amide bonds. The number of nitrogens with one attached hydrogen (secondary N) is 1. The Hall–Kier alpha value is -2.62. The average Bonchev–Trinajstić information content (AvgIpc) is 3.30. The third-order valence-corrected chi connectivity index (χ3v) is 5.66. The molecule has 1 N–H and O–H groups in total. The van der Waals surface area contributed by atoms with Gasteiger partial charge < -0.3 is 10.2 Å². The molecule has 2 aromatic carbocycles. The Labute approximate surface area is 154 Å². The van der Waals surface area contributed by atoms with Gasteiger partial charge in [0.15, 0.2) is 0 Å². The van der Waals surface area contributed by atoms with Crippen LogP contribution in [-0.4, -0.2) is 35.3 Å². The fraction of sp³-hybridized carbons (Fsp3) is 0.364. The van der Waals surface area contributed by atoms with Gasteiger partial charge in [-0.1, -0.05) is 48.5 Å². The van der Waals surface area contributed by atoms with E-state index < -0.39 is 0 Å². The molecule has 1 saturated heterocycles.